The lowest BCUT2D eigenvalue weighted by Gasteiger charge is -2.33. The second-order valence-corrected chi connectivity index (χ2v) is 8.10. The molecular formula is C25H27N3O3. The summed E-state index contributed by atoms with van der Waals surface area (Å²) in [6, 6.07) is 19.2. The molecule has 6 heteroatoms. The van der Waals surface area contributed by atoms with Gasteiger partial charge in [0.1, 0.15) is 6.10 Å². The van der Waals surface area contributed by atoms with Crippen LogP contribution in [0, 0.1) is 0 Å². The predicted octanol–water partition coefficient (Wildman–Crippen LogP) is 3.52. The van der Waals surface area contributed by atoms with Gasteiger partial charge in [0, 0.05) is 18.0 Å². The second-order valence-electron chi connectivity index (χ2n) is 8.10. The van der Waals surface area contributed by atoms with E-state index in [0.717, 1.165) is 16.5 Å². The van der Waals surface area contributed by atoms with Gasteiger partial charge in [-0.15, -0.1) is 0 Å². The fourth-order valence-electron chi connectivity index (χ4n) is 3.83. The number of carbonyl (C=O) groups excluding carboxylic acids is 2. The number of fused-ring (bicyclic) bond motifs is 1. The lowest BCUT2D eigenvalue weighted by Crippen LogP contribution is -2.43. The number of nitrogens with one attached hydrogen (secondary N) is 1. The zero-order valence-corrected chi connectivity index (χ0v) is 17.9. The Morgan fingerprint density at radius 2 is 1.87 bits per heavy atom. The third kappa shape index (κ3) is 4.91. The average molecular weight is 418 g/mol. The minimum Gasteiger partial charge on any atom is -0.368 e. The Bertz CT molecular complexity index is 1080. The molecule has 0 radical (unpaired) electrons. The number of morpholine rings is 1. The van der Waals surface area contributed by atoms with E-state index in [4.69, 9.17) is 9.72 Å². The Labute approximate surface area is 182 Å². The van der Waals surface area contributed by atoms with Gasteiger partial charge in [0.25, 0.3) is 5.91 Å². The van der Waals surface area contributed by atoms with Crippen LogP contribution in [0.3, 0.4) is 0 Å². The van der Waals surface area contributed by atoms with Gasteiger partial charge in [0.05, 0.1) is 36.3 Å². The number of nitrogens with zero attached hydrogens (tertiary/aromatic N) is 2. The number of hydrogen-bond donors (Lipinski definition) is 1. The lowest BCUT2D eigenvalue weighted by atomic mass is 10.0. The summed E-state index contributed by atoms with van der Waals surface area (Å²) in [5.41, 5.74) is 2.98. The molecule has 1 aromatic heterocycles. The number of hydrogen-bond acceptors (Lipinski definition) is 4. The molecule has 2 aromatic carbocycles. The second kappa shape index (κ2) is 9.27. The quantitative estimate of drug-likeness (QED) is 0.690. The zero-order chi connectivity index (χ0) is 21.8. The van der Waals surface area contributed by atoms with Crippen LogP contribution >= 0.6 is 0 Å². The van der Waals surface area contributed by atoms with E-state index in [0.29, 0.717) is 37.4 Å². The van der Waals surface area contributed by atoms with E-state index in [1.54, 1.807) is 6.07 Å². The summed E-state index contributed by atoms with van der Waals surface area (Å²) in [7, 11) is 0. The molecule has 2 heterocycles. The van der Waals surface area contributed by atoms with Crippen molar-refractivity contribution in [3.8, 4) is 0 Å². The summed E-state index contributed by atoms with van der Waals surface area (Å²) in [6.45, 7) is 5.28. The van der Waals surface area contributed by atoms with Crippen LogP contribution in [0.1, 0.15) is 41.6 Å². The van der Waals surface area contributed by atoms with Gasteiger partial charge >= 0.3 is 0 Å². The molecule has 6 nitrogen and oxygen atoms in total. The van der Waals surface area contributed by atoms with Crippen molar-refractivity contribution in [3.63, 3.8) is 0 Å². The maximum Gasteiger partial charge on any atom is 0.252 e. The monoisotopic (exact) mass is 417 g/mol. The smallest absolute Gasteiger partial charge is 0.252 e. The van der Waals surface area contributed by atoms with Gasteiger partial charge in [0.15, 0.2) is 0 Å². The molecule has 2 amide bonds. The highest BCUT2D eigenvalue weighted by atomic mass is 16.5. The van der Waals surface area contributed by atoms with E-state index in [9.17, 15) is 9.59 Å². The average Bonchev–Trinajstić information content (AvgIpc) is 2.78. The summed E-state index contributed by atoms with van der Waals surface area (Å²) >= 11 is 0. The van der Waals surface area contributed by atoms with Crippen molar-refractivity contribution >= 4 is 22.7 Å². The Kier molecular flexibility index (Phi) is 6.28. The maximum absolute atomic E-state index is 12.8. The molecular weight excluding hydrogens is 390 g/mol. The molecule has 1 atom stereocenters. The molecule has 31 heavy (non-hydrogen) atoms. The Hall–Kier alpha value is -3.25. The maximum atomic E-state index is 12.8. The number of rotatable bonds is 5. The van der Waals surface area contributed by atoms with Crippen LogP contribution < -0.4 is 5.32 Å². The molecule has 0 unspecified atom stereocenters. The summed E-state index contributed by atoms with van der Waals surface area (Å²) in [6.07, 6.45) is -0.00973. The number of carbonyl (C=O) groups is 2. The van der Waals surface area contributed by atoms with Crippen LogP contribution in [0.15, 0.2) is 60.7 Å². The normalized spacial score (nSPS) is 16.5. The molecule has 0 bridgehead atoms. The molecule has 0 saturated carbocycles. The first-order valence-electron chi connectivity index (χ1n) is 10.6. The van der Waals surface area contributed by atoms with Gasteiger partial charge in [-0.2, -0.15) is 0 Å². The molecule has 160 valence electrons. The van der Waals surface area contributed by atoms with E-state index < -0.39 is 0 Å². The largest absolute Gasteiger partial charge is 0.368 e. The van der Waals surface area contributed by atoms with E-state index in [2.05, 4.69) is 5.32 Å². The first kappa shape index (κ1) is 21.0. The van der Waals surface area contributed by atoms with Crippen molar-refractivity contribution in [2.24, 2.45) is 0 Å². The molecule has 4 rings (SSSR count). The molecule has 1 fully saturated rings. The molecule has 1 N–H and O–H groups in total. The lowest BCUT2D eigenvalue weighted by molar-refractivity contribution is -0.138. The SMILES string of the molecule is CC(C)NC(=O)c1cc([C@H]2CN(C(=O)Cc3ccccc3)CCO2)nc2ccccc12. The molecule has 1 saturated heterocycles. The minimum absolute atomic E-state index is 0.0277. The standard InChI is InChI=1S/C25H27N3O3/c1-17(2)26-25(30)20-15-22(27-21-11-7-6-10-19(20)21)23-16-28(12-13-31-23)24(29)14-18-8-4-3-5-9-18/h3-11,15,17,23H,12-14,16H2,1-2H3,(H,26,30)/t23-/m1/s1. The van der Waals surface area contributed by atoms with Crippen LogP contribution in [-0.4, -0.2) is 47.4 Å². The van der Waals surface area contributed by atoms with Crippen LogP contribution in [-0.2, 0) is 16.0 Å². The fourth-order valence-corrected chi connectivity index (χ4v) is 3.83. The van der Waals surface area contributed by atoms with Gasteiger partial charge < -0.3 is 15.0 Å². The van der Waals surface area contributed by atoms with Crippen molar-refractivity contribution in [2.75, 3.05) is 19.7 Å². The predicted molar refractivity (Wildman–Crippen MR) is 120 cm³/mol. The molecule has 1 aliphatic rings. The van der Waals surface area contributed by atoms with E-state index in [-0.39, 0.29) is 24.0 Å². The number of pyridine rings is 1. The molecule has 0 spiro atoms. The summed E-state index contributed by atoms with van der Waals surface area (Å²) in [4.78, 5) is 32.3. The van der Waals surface area contributed by atoms with Crippen molar-refractivity contribution in [1.82, 2.24) is 15.2 Å². The first-order chi connectivity index (χ1) is 15.0. The number of benzene rings is 2. The zero-order valence-electron chi connectivity index (χ0n) is 17.9. The van der Waals surface area contributed by atoms with Crippen molar-refractivity contribution < 1.29 is 14.3 Å². The Balaban J connectivity index is 1.59. The van der Waals surface area contributed by atoms with Crippen LogP contribution in [0.2, 0.25) is 0 Å². The topological polar surface area (TPSA) is 71.5 Å². The highest BCUT2D eigenvalue weighted by Crippen LogP contribution is 2.26. The highest BCUT2D eigenvalue weighted by Gasteiger charge is 2.27. The van der Waals surface area contributed by atoms with Gasteiger partial charge in [0.2, 0.25) is 5.91 Å². The van der Waals surface area contributed by atoms with Crippen LogP contribution in [0.25, 0.3) is 10.9 Å². The van der Waals surface area contributed by atoms with Gasteiger partial charge in [-0.1, -0.05) is 48.5 Å². The van der Waals surface area contributed by atoms with E-state index in [1.165, 1.54) is 0 Å². The number of aromatic nitrogens is 1. The number of ether oxygens (including phenoxy) is 1. The Morgan fingerprint density at radius 3 is 2.65 bits per heavy atom. The van der Waals surface area contributed by atoms with E-state index >= 15 is 0 Å². The molecule has 1 aliphatic heterocycles. The van der Waals surface area contributed by atoms with Crippen molar-refractivity contribution in [1.29, 1.82) is 0 Å². The highest BCUT2D eigenvalue weighted by molar-refractivity contribution is 6.06. The third-order valence-electron chi connectivity index (χ3n) is 5.35. The summed E-state index contributed by atoms with van der Waals surface area (Å²) in [5, 5.41) is 3.77. The number of para-hydroxylation sites is 1. The van der Waals surface area contributed by atoms with Crippen molar-refractivity contribution in [2.45, 2.75) is 32.4 Å². The summed E-state index contributed by atoms with van der Waals surface area (Å²) < 4.78 is 5.97. The number of amides is 2. The van der Waals surface area contributed by atoms with Crippen LogP contribution in [0.4, 0.5) is 0 Å². The summed E-state index contributed by atoms with van der Waals surface area (Å²) in [5.74, 6) is -0.0688. The van der Waals surface area contributed by atoms with Crippen molar-refractivity contribution in [3.05, 3.63) is 77.5 Å². The van der Waals surface area contributed by atoms with E-state index in [1.807, 2.05) is 73.3 Å². The Morgan fingerprint density at radius 1 is 1.13 bits per heavy atom. The van der Waals surface area contributed by atoms with Crippen LogP contribution in [0.5, 0.6) is 0 Å². The molecule has 3 aromatic rings. The van der Waals surface area contributed by atoms with Gasteiger partial charge in [-0.25, -0.2) is 4.98 Å². The first-order valence-corrected chi connectivity index (χ1v) is 10.6. The van der Waals surface area contributed by atoms with Gasteiger partial charge in [-0.05, 0) is 31.5 Å². The third-order valence-corrected chi connectivity index (χ3v) is 5.35. The van der Waals surface area contributed by atoms with Gasteiger partial charge in [-0.3, -0.25) is 9.59 Å². The minimum atomic E-state index is -0.372. The molecule has 0 aliphatic carbocycles. The fraction of sp³-hybridized carbons (Fsp3) is 0.320.